The number of hydrogen-bond donors (Lipinski definition) is 0. The van der Waals surface area contributed by atoms with Gasteiger partial charge < -0.3 is 9.80 Å². The Bertz CT molecular complexity index is 467. The van der Waals surface area contributed by atoms with E-state index >= 15 is 0 Å². The minimum atomic E-state index is 0.0683. The molecule has 0 saturated heterocycles. The predicted molar refractivity (Wildman–Crippen MR) is 89.4 cm³/mol. The summed E-state index contributed by atoms with van der Waals surface area (Å²) in [6.07, 6.45) is 2.06. The molecule has 1 saturated carbocycles. The number of likely N-dealkylation sites (N-methyl/N-ethyl adjacent to an activating group) is 1. The molecule has 1 aliphatic carbocycles. The van der Waals surface area contributed by atoms with E-state index in [9.17, 15) is 4.79 Å². The maximum Gasteiger partial charge on any atom is 0.228 e. The number of amides is 1. The Kier molecular flexibility index (Phi) is 5.91. The van der Waals surface area contributed by atoms with Gasteiger partial charge >= 0.3 is 0 Å². The van der Waals surface area contributed by atoms with Crippen LogP contribution in [-0.4, -0.2) is 48.2 Å². The third-order valence-corrected chi connectivity index (χ3v) is 4.59. The van der Waals surface area contributed by atoms with E-state index in [2.05, 4.69) is 4.90 Å². The molecule has 1 aromatic rings. The summed E-state index contributed by atoms with van der Waals surface area (Å²) < 4.78 is 0. The quantitative estimate of drug-likeness (QED) is 0.774. The average molecular weight is 329 g/mol. The van der Waals surface area contributed by atoms with E-state index in [4.69, 9.17) is 23.2 Å². The van der Waals surface area contributed by atoms with Gasteiger partial charge in [0.2, 0.25) is 5.91 Å². The van der Waals surface area contributed by atoms with Crippen molar-refractivity contribution >= 4 is 34.8 Å². The Morgan fingerprint density at radius 3 is 2.38 bits per heavy atom. The number of para-hydroxylation sites is 1. The molecule has 116 valence electrons. The van der Waals surface area contributed by atoms with Gasteiger partial charge in [0.25, 0.3) is 0 Å². The second kappa shape index (κ2) is 7.48. The lowest BCUT2D eigenvalue weighted by Gasteiger charge is -2.36. The Hall–Kier alpha value is -0.770. The zero-order valence-electron chi connectivity index (χ0n) is 12.5. The number of rotatable bonds is 5. The fraction of sp³-hybridized carbons (Fsp3) is 0.562. The Morgan fingerprint density at radius 1 is 1.19 bits per heavy atom. The SMILES string of the molecule is CN(C)[C@@H]1CC(Cl)C[C@H]1N(C(=O)CCCl)c1ccccc1. The van der Waals surface area contributed by atoms with E-state index in [-0.39, 0.29) is 23.4 Å². The highest BCUT2D eigenvalue weighted by Crippen LogP contribution is 2.34. The minimum absolute atomic E-state index is 0.0683. The number of anilines is 1. The van der Waals surface area contributed by atoms with Gasteiger partial charge in [-0.15, -0.1) is 23.2 Å². The summed E-state index contributed by atoms with van der Waals surface area (Å²) in [7, 11) is 4.09. The van der Waals surface area contributed by atoms with Crippen molar-refractivity contribution in [3.05, 3.63) is 30.3 Å². The van der Waals surface area contributed by atoms with E-state index < -0.39 is 0 Å². The highest BCUT2D eigenvalue weighted by atomic mass is 35.5. The molecule has 2 rings (SSSR count). The second-order valence-electron chi connectivity index (χ2n) is 5.71. The first-order valence-electron chi connectivity index (χ1n) is 7.28. The standard InChI is InChI=1S/C16H22Cl2N2O/c1-19(2)14-10-12(18)11-15(14)20(16(21)8-9-17)13-6-4-3-5-7-13/h3-7,12,14-15H,8-11H2,1-2H3/t12?,14-,15-/m1/s1. The zero-order valence-corrected chi connectivity index (χ0v) is 14.0. The summed E-state index contributed by atoms with van der Waals surface area (Å²) in [5, 5.41) is 0.109. The maximum atomic E-state index is 12.6. The number of halogens is 2. The van der Waals surface area contributed by atoms with Gasteiger partial charge in [-0.2, -0.15) is 0 Å². The number of nitrogens with zero attached hydrogens (tertiary/aromatic N) is 2. The van der Waals surface area contributed by atoms with Gasteiger partial charge in [0.1, 0.15) is 0 Å². The topological polar surface area (TPSA) is 23.6 Å². The van der Waals surface area contributed by atoms with E-state index in [1.807, 2.05) is 49.3 Å². The summed E-state index contributed by atoms with van der Waals surface area (Å²) in [5.74, 6) is 0.407. The van der Waals surface area contributed by atoms with Crippen LogP contribution >= 0.6 is 23.2 Å². The highest BCUT2D eigenvalue weighted by molar-refractivity contribution is 6.21. The fourth-order valence-electron chi connectivity index (χ4n) is 3.08. The van der Waals surface area contributed by atoms with Crippen LogP contribution in [0.3, 0.4) is 0 Å². The van der Waals surface area contributed by atoms with Crippen LogP contribution < -0.4 is 4.90 Å². The molecule has 0 bridgehead atoms. The number of carbonyl (C=O) groups excluding carboxylic acids is 1. The fourth-order valence-corrected chi connectivity index (χ4v) is 3.60. The number of alkyl halides is 2. The van der Waals surface area contributed by atoms with Crippen molar-refractivity contribution in [2.45, 2.75) is 36.7 Å². The number of carbonyl (C=O) groups is 1. The third kappa shape index (κ3) is 3.91. The smallest absolute Gasteiger partial charge is 0.228 e. The summed E-state index contributed by atoms with van der Waals surface area (Å²) >= 11 is 12.1. The number of hydrogen-bond acceptors (Lipinski definition) is 2. The lowest BCUT2D eigenvalue weighted by Crippen LogP contribution is -2.49. The molecule has 5 heteroatoms. The molecule has 21 heavy (non-hydrogen) atoms. The summed E-state index contributed by atoms with van der Waals surface area (Å²) in [4.78, 5) is 16.6. The zero-order chi connectivity index (χ0) is 15.4. The van der Waals surface area contributed by atoms with Crippen LogP contribution in [0, 0.1) is 0 Å². The van der Waals surface area contributed by atoms with Crippen LogP contribution in [-0.2, 0) is 4.79 Å². The molecule has 1 fully saturated rings. The van der Waals surface area contributed by atoms with Gasteiger partial charge in [0.05, 0.1) is 6.04 Å². The molecule has 1 aromatic carbocycles. The van der Waals surface area contributed by atoms with Gasteiger partial charge in [0, 0.05) is 29.4 Å². The Balaban J connectivity index is 2.33. The molecule has 3 atom stereocenters. The molecular formula is C16H22Cl2N2O. The molecule has 1 amide bonds. The van der Waals surface area contributed by atoms with Crippen LogP contribution in [0.5, 0.6) is 0 Å². The van der Waals surface area contributed by atoms with Crippen LogP contribution in [0.15, 0.2) is 30.3 Å². The van der Waals surface area contributed by atoms with Gasteiger partial charge in [-0.3, -0.25) is 4.79 Å². The van der Waals surface area contributed by atoms with Gasteiger partial charge in [0.15, 0.2) is 0 Å². The maximum absolute atomic E-state index is 12.6. The molecule has 1 aliphatic rings. The van der Waals surface area contributed by atoms with Crippen molar-refractivity contribution in [2.75, 3.05) is 24.9 Å². The van der Waals surface area contributed by atoms with Crippen molar-refractivity contribution in [2.24, 2.45) is 0 Å². The van der Waals surface area contributed by atoms with E-state index in [1.54, 1.807) is 0 Å². The molecule has 0 spiro atoms. The second-order valence-corrected chi connectivity index (χ2v) is 6.70. The van der Waals surface area contributed by atoms with Crippen LogP contribution in [0.4, 0.5) is 5.69 Å². The monoisotopic (exact) mass is 328 g/mol. The van der Waals surface area contributed by atoms with Crippen molar-refractivity contribution < 1.29 is 4.79 Å². The lowest BCUT2D eigenvalue weighted by atomic mass is 10.1. The van der Waals surface area contributed by atoms with Gasteiger partial charge in [-0.05, 0) is 39.1 Å². The predicted octanol–water partition coefficient (Wildman–Crippen LogP) is 3.35. The van der Waals surface area contributed by atoms with Gasteiger partial charge in [-0.1, -0.05) is 18.2 Å². The average Bonchev–Trinajstić information content (AvgIpc) is 2.82. The van der Waals surface area contributed by atoms with Crippen molar-refractivity contribution in [3.8, 4) is 0 Å². The van der Waals surface area contributed by atoms with Crippen LogP contribution in [0.2, 0.25) is 0 Å². The largest absolute Gasteiger partial charge is 0.308 e. The first-order valence-corrected chi connectivity index (χ1v) is 8.25. The van der Waals surface area contributed by atoms with Crippen LogP contribution in [0.1, 0.15) is 19.3 Å². The van der Waals surface area contributed by atoms with E-state index in [1.165, 1.54) is 0 Å². The van der Waals surface area contributed by atoms with Gasteiger partial charge in [-0.25, -0.2) is 0 Å². The third-order valence-electron chi connectivity index (χ3n) is 4.04. The van der Waals surface area contributed by atoms with Crippen molar-refractivity contribution in [3.63, 3.8) is 0 Å². The first-order chi connectivity index (χ1) is 10.0. The summed E-state index contributed by atoms with van der Waals surface area (Å²) in [6.45, 7) is 0. The molecule has 1 unspecified atom stereocenters. The Labute approximate surface area is 136 Å². The molecule has 0 aromatic heterocycles. The molecule has 0 N–H and O–H groups in total. The normalized spacial score (nSPS) is 25.3. The lowest BCUT2D eigenvalue weighted by molar-refractivity contribution is -0.118. The number of benzene rings is 1. The van der Waals surface area contributed by atoms with Crippen molar-refractivity contribution in [1.29, 1.82) is 0 Å². The molecule has 0 radical (unpaired) electrons. The molecule has 0 aliphatic heterocycles. The van der Waals surface area contributed by atoms with Crippen LogP contribution in [0.25, 0.3) is 0 Å². The molecular weight excluding hydrogens is 307 g/mol. The summed E-state index contributed by atoms with van der Waals surface area (Å²) in [5.41, 5.74) is 0.926. The Morgan fingerprint density at radius 2 is 1.81 bits per heavy atom. The minimum Gasteiger partial charge on any atom is -0.308 e. The highest BCUT2D eigenvalue weighted by Gasteiger charge is 2.40. The first kappa shape index (κ1) is 16.6. The van der Waals surface area contributed by atoms with E-state index in [0.717, 1.165) is 18.5 Å². The summed E-state index contributed by atoms with van der Waals surface area (Å²) in [6, 6.07) is 10.2. The van der Waals surface area contributed by atoms with Crippen molar-refractivity contribution in [1.82, 2.24) is 4.90 Å². The molecule has 3 nitrogen and oxygen atoms in total. The van der Waals surface area contributed by atoms with E-state index in [0.29, 0.717) is 12.3 Å². The molecule has 0 heterocycles.